The first-order valence-corrected chi connectivity index (χ1v) is 9.79. The smallest absolute Gasteiger partial charge is 0.210 e. The number of nitrogens with one attached hydrogen (secondary N) is 1. The van der Waals surface area contributed by atoms with Crippen LogP contribution in [0.4, 0.5) is 15.2 Å². The first-order valence-electron chi connectivity index (χ1n) is 7.99. The molecule has 2 heterocycles. The highest BCUT2D eigenvalue weighted by Crippen LogP contribution is 2.35. The second-order valence-corrected chi connectivity index (χ2v) is 8.02. The van der Waals surface area contributed by atoms with Gasteiger partial charge in [-0.15, -0.1) is 10.2 Å². The molecular weight excluding hydrogens is 373 g/mol. The largest absolute Gasteiger partial charge is 0.467 e. The molecule has 1 aliphatic heterocycles. The van der Waals surface area contributed by atoms with Crippen LogP contribution in [0.15, 0.2) is 40.7 Å². The molecule has 1 N–H and O–H groups in total. The molecule has 0 radical (unpaired) electrons. The van der Waals surface area contributed by atoms with Gasteiger partial charge in [-0.05, 0) is 36.8 Å². The predicted molar refractivity (Wildman–Crippen MR) is 101 cm³/mol. The SMILES string of the molecule is Cc1cccc(Nc2nnc(SCc3cc(F)cc4c3OCOC4)s2)c1. The van der Waals surface area contributed by atoms with Crippen LogP contribution >= 0.6 is 23.1 Å². The Morgan fingerprint density at radius 1 is 1.27 bits per heavy atom. The van der Waals surface area contributed by atoms with Crippen molar-refractivity contribution in [2.45, 2.75) is 23.6 Å². The van der Waals surface area contributed by atoms with Crippen molar-refractivity contribution < 1.29 is 13.9 Å². The van der Waals surface area contributed by atoms with Gasteiger partial charge >= 0.3 is 0 Å². The number of hydrogen-bond acceptors (Lipinski definition) is 7. The van der Waals surface area contributed by atoms with E-state index in [9.17, 15) is 4.39 Å². The minimum Gasteiger partial charge on any atom is -0.467 e. The van der Waals surface area contributed by atoms with Crippen LogP contribution in [0.1, 0.15) is 16.7 Å². The van der Waals surface area contributed by atoms with Crippen LogP contribution in [0, 0.1) is 12.7 Å². The van der Waals surface area contributed by atoms with E-state index in [4.69, 9.17) is 9.47 Å². The van der Waals surface area contributed by atoms with Crippen LogP contribution in [0.5, 0.6) is 5.75 Å². The monoisotopic (exact) mass is 389 g/mol. The molecule has 0 amide bonds. The van der Waals surface area contributed by atoms with Gasteiger partial charge in [0.2, 0.25) is 5.13 Å². The second kappa shape index (κ2) is 7.61. The van der Waals surface area contributed by atoms with E-state index in [-0.39, 0.29) is 12.6 Å². The van der Waals surface area contributed by atoms with E-state index in [1.165, 1.54) is 40.8 Å². The molecule has 0 spiro atoms. The summed E-state index contributed by atoms with van der Waals surface area (Å²) >= 11 is 2.97. The molecule has 0 saturated heterocycles. The van der Waals surface area contributed by atoms with E-state index in [1.807, 2.05) is 31.2 Å². The third-order valence-electron chi connectivity index (χ3n) is 3.78. The van der Waals surface area contributed by atoms with Crippen molar-refractivity contribution in [3.8, 4) is 5.75 Å². The maximum absolute atomic E-state index is 13.8. The summed E-state index contributed by atoms with van der Waals surface area (Å²) in [6.07, 6.45) is 0. The highest BCUT2D eigenvalue weighted by molar-refractivity contribution is 8.00. The topological polar surface area (TPSA) is 56.3 Å². The molecule has 4 rings (SSSR count). The van der Waals surface area contributed by atoms with Gasteiger partial charge in [-0.2, -0.15) is 0 Å². The van der Waals surface area contributed by atoms with Crippen molar-refractivity contribution in [3.05, 3.63) is 58.9 Å². The van der Waals surface area contributed by atoms with Crippen LogP contribution in [0.3, 0.4) is 0 Å². The Labute approximate surface area is 158 Å². The number of aromatic nitrogens is 2. The van der Waals surface area contributed by atoms with Crippen LogP contribution < -0.4 is 10.1 Å². The summed E-state index contributed by atoms with van der Waals surface area (Å²) in [5, 5.41) is 12.3. The molecule has 1 aliphatic rings. The van der Waals surface area contributed by atoms with Gasteiger partial charge in [0, 0.05) is 22.6 Å². The Morgan fingerprint density at radius 3 is 3.08 bits per heavy atom. The van der Waals surface area contributed by atoms with E-state index in [1.54, 1.807) is 0 Å². The number of hydrogen-bond donors (Lipinski definition) is 1. The highest BCUT2D eigenvalue weighted by atomic mass is 32.2. The molecule has 0 bridgehead atoms. The summed E-state index contributed by atoms with van der Waals surface area (Å²) in [6, 6.07) is 11.0. The van der Waals surface area contributed by atoms with E-state index < -0.39 is 0 Å². The zero-order chi connectivity index (χ0) is 17.9. The average molecular weight is 389 g/mol. The number of ether oxygens (including phenoxy) is 2. The summed E-state index contributed by atoms with van der Waals surface area (Å²) < 4.78 is 25.4. The number of halogens is 1. The van der Waals surface area contributed by atoms with Gasteiger partial charge in [-0.1, -0.05) is 35.2 Å². The first-order chi connectivity index (χ1) is 12.7. The lowest BCUT2D eigenvalue weighted by molar-refractivity contribution is -0.0171. The summed E-state index contributed by atoms with van der Waals surface area (Å²) in [5.41, 5.74) is 3.70. The molecule has 8 heteroatoms. The molecular formula is C18H16FN3O2S2. The average Bonchev–Trinajstić information content (AvgIpc) is 3.07. The number of aryl methyl sites for hydroxylation is 1. The fraction of sp³-hybridized carbons (Fsp3) is 0.222. The molecule has 2 aromatic carbocycles. The summed E-state index contributed by atoms with van der Waals surface area (Å²) in [5.74, 6) is 0.986. The highest BCUT2D eigenvalue weighted by Gasteiger charge is 2.17. The van der Waals surface area contributed by atoms with E-state index in [0.717, 1.165) is 26.3 Å². The van der Waals surface area contributed by atoms with E-state index >= 15 is 0 Å². The van der Waals surface area contributed by atoms with Crippen molar-refractivity contribution in [2.24, 2.45) is 0 Å². The van der Waals surface area contributed by atoms with Gasteiger partial charge in [-0.25, -0.2) is 4.39 Å². The Balaban J connectivity index is 1.45. The normalized spacial score (nSPS) is 13.2. The maximum Gasteiger partial charge on any atom is 0.210 e. The summed E-state index contributed by atoms with van der Waals surface area (Å²) in [7, 11) is 0. The predicted octanol–water partition coefficient (Wildman–Crippen LogP) is 4.89. The Hall–Kier alpha value is -2.16. The minimum atomic E-state index is -0.285. The van der Waals surface area contributed by atoms with Crippen molar-refractivity contribution in [2.75, 3.05) is 12.1 Å². The lowest BCUT2D eigenvalue weighted by Gasteiger charge is -2.20. The van der Waals surface area contributed by atoms with Gasteiger partial charge in [0.15, 0.2) is 11.1 Å². The molecule has 5 nitrogen and oxygen atoms in total. The lowest BCUT2D eigenvalue weighted by atomic mass is 10.1. The zero-order valence-electron chi connectivity index (χ0n) is 14.0. The fourth-order valence-electron chi connectivity index (χ4n) is 2.67. The second-order valence-electron chi connectivity index (χ2n) is 5.82. The van der Waals surface area contributed by atoms with E-state index in [2.05, 4.69) is 15.5 Å². The number of benzene rings is 2. The van der Waals surface area contributed by atoms with Crippen LogP contribution in [0.25, 0.3) is 0 Å². The number of fused-ring (bicyclic) bond motifs is 1. The molecule has 0 aliphatic carbocycles. The van der Waals surface area contributed by atoms with Crippen molar-refractivity contribution in [3.63, 3.8) is 0 Å². The maximum atomic E-state index is 13.8. The van der Waals surface area contributed by atoms with Crippen LogP contribution in [-0.2, 0) is 17.1 Å². The molecule has 26 heavy (non-hydrogen) atoms. The molecule has 0 atom stereocenters. The van der Waals surface area contributed by atoms with Gasteiger partial charge in [0.25, 0.3) is 0 Å². The summed E-state index contributed by atoms with van der Waals surface area (Å²) in [6.45, 7) is 2.60. The number of anilines is 2. The number of nitrogens with zero attached hydrogens (tertiary/aromatic N) is 2. The van der Waals surface area contributed by atoms with Crippen molar-refractivity contribution in [1.82, 2.24) is 10.2 Å². The standard InChI is InChI=1S/C18H16FN3O2S2/c1-11-3-2-4-15(5-11)20-17-21-22-18(26-17)25-9-13-7-14(19)6-12-8-23-10-24-16(12)13/h2-7H,8-10H2,1H3,(H,20,21). The molecule has 0 saturated carbocycles. The third kappa shape index (κ3) is 3.98. The van der Waals surface area contributed by atoms with Crippen molar-refractivity contribution in [1.29, 1.82) is 0 Å². The lowest BCUT2D eigenvalue weighted by Crippen LogP contribution is -2.13. The molecule has 1 aromatic heterocycles. The molecule has 0 unspecified atom stereocenters. The molecule has 134 valence electrons. The van der Waals surface area contributed by atoms with Gasteiger partial charge in [-0.3, -0.25) is 0 Å². The fourth-order valence-corrected chi connectivity index (χ4v) is 4.41. The number of thioether (sulfide) groups is 1. The van der Waals surface area contributed by atoms with Gasteiger partial charge in [0.05, 0.1) is 6.61 Å². The first kappa shape index (κ1) is 17.3. The Morgan fingerprint density at radius 2 is 2.19 bits per heavy atom. The molecule has 3 aromatic rings. The van der Waals surface area contributed by atoms with Gasteiger partial charge in [0.1, 0.15) is 11.6 Å². The zero-order valence-corrected chi connectivity index (χ0v) is 15.6. The Kier molecular flexibility index (Phi) is 5.05. The number of rotatable bonds is 5. The minimum absolute atomic E-state index is 0.194. The quantitative estimate of drug-likeness (QED) is 0.627. The third-order valence-corrected chi connectivity index (χ3v) is 5.80. The van der Waals surface area contributed by atoms with Crippen molar-refractivity contribution >= 4 is 33.9 Å². The van der Waals surface area contributed by atoms with Crippen LogP contribution in [-0.4, -0.2) is 17.0 Å². The summed E-state index contributed by atoms with van der Waals surface area (Å²) in [4.78, 5) is 0. The van der Waals surface area contributed by atoms with E-state index in [0.29, 0.717) is 18.1 Å². The molecule has 0 fully saturated rings. The Bertz CT molecular complexity index is 933. The van der Waals surface area contributed by atoms with Crippen LogP contribution in [0.2, 0.25) is 0 Å². The van der Waals surface area contributed by atoms with Gasteiger partial charge < -0.3 is 14.8 Å².